The minimum atomic E-state index is -3.20. The molecule has 8 heteroatoms. The van der Waals surface area contributed by atoms with Gasteiger partial charge in [0.1, 0.15) is 5.69 Å². The first-order valence-electron chi connectivity index (χ1n) is 6.32. The maximum absolute atomic E-state index is 11.5. The molecule has 7 nitrogen and oxygen atoms in total. The smallest absolute Gasteiger partial charge is 0.266 e. The van der Waals surface area contributed by atoms with Crippen LogP contribution in [0.5, 0.6) is 0 Å². The highest BCUT2D eigenvalue weighted by Gasteiger charge is 2.11. The molecule has 0 unspecified atom stereocenters. The van der Waals surface area contributed by atoms with E-state index in [-0.39, 0.29) is 12.3 Å². The van der Waals surface area contributed by atoms with Gasteiger partial charge < -0.3 is 4.42 Å². The lowest BCUT2D eigenvalue weighted by Gasteiger charge is -2.02. The van der Waals surface area contributed by atoms with E-state index in [0.717, 1.165) is 0 Å². The third kappa shape index (κ3) is 4.10. The van der Waals surface area contributed by atoms with Crippen molar-refractivity contribution in [2.24, 2.45) is 0 Å². The van der Waals surface area contributed by atoms with E-state index < -0.39 is 10.0 Å². The van der Waals surface area contributed by atoms with Gasteiger partial charge in [0.2, 0.25) is 15.9 Å². The van der Waals surface area contributed by atoms with Crippen molar-refractivity contribution in [3.63, 3.8) is 0 Å². The van der Waals surface area contributed by atoms with E-state index in [9.17, 15) is 8.42 Å². The van der Waals surface area contributed by atoms with Crippen LogP contribution in [0.3, 0.4) is 0 Å². The Kier molecular flexibility index (Phi) is 4.80. The molecule has 0 radical (unpaired) electrons. The summed E-state index contributed by atoms with van der Waals surface area (Å²) in [6, 6.07) is 5.38. The lowest BCUT2D eigenvalue weighted by molar-refractivity contribution is 0.500. The molecular weight excluding hydrogens is 280 g/mol. The second-order valence-electron chi connectivity index (χ2n) is 4.18. The Morgan fingerprint density at radius 2 is 2.15 bits per heavy atom. The Bertz CT molecular complexity index is 640. The summed E-state index contributed by atoms with van der Waals surface area (Å²) in [6.45, 7) is 2.06. The van der Waals surface area contributed by atoms with E-state index in [4.69, 9.17) is 4.42 Å². The van der Waals surface area contributed by atoms with Crippen molar-refractivity contribution in [1.82, 2.24) is 19.9 Å². The normalized spacial score (nSPS) is 11.7. The van der Waals surface area contributed by atoms with Gasteiger partial charge in [-0.2, -0.15) is 0 Å². The lowest BCUT2D eigenvalue weighted by Crippen LogP contribution is -2.28. The second-order valence-corrected chi connectivity index (χ2v) is 6.11. The number of hydrogen-bond donors (Lipinski definition) is 1. The number of nitrogens with zero attached hydrogens (tertiary/aromatic N) is 3. The van der Waals surface area contributed by atoms with Gasteiger partial charge in [0, 0.05) is 19.2 Å². The number of aromatic nitrogens is 3. The van der Waals surface area contributed by atoms with Crippen molar-refractivity contribution in [2.75, 3.05) is 12.3 Å². The molecule has 1 N–H and O–H groups in total. The molecule has 0 saturated heterocycles. The zero-order valence-electron chi connectivity index (χ0n) is 11.1. The van der Waals surface area contributed by atoms with Crippen LogP contribution in [0.15, 0.2) is 28.8 Å². The highest BCUT2D eigenvalue weighted by molar-refractivity contribution is 7.89. The summed E-state index contributed by atoms with van der Waals surface area (Å²) in [5, 5.41) is 7.75. The van der Waals surface area contributed by atoms with E-state index in [1.54, 1.807) is 18.3 Å². The Morgan fingerprint density at radius 1 is 1.30 bits per heavy atom. The van der Waals surface area contributed by atoms with Gasteiger partial charge in [0.25, 0.3) is 5.89 Å². The first kappa shape index (κ1) is 14.6. The summed E-state index contributed by atoms with van der Waals surface area (Å²) < 4.78 is 30.8. The van der Waals surface area contributed by atoms with E-state index in [1.165, 1.54) is 0 Å². The number of pyridine rings is 1. The summed E-state index contributed by atoms with van der Waals surface area (Å²) in [5.41, 5.74) is 0.595. The van der Waals surface area contributed by atoms with Crippen LogP contribution in [-0.4, -0.2) is 35.9 Å². The van der Waals surface area contributed by atoms with Crippen molar-refractivity contribution >= 4 is 10.0 Å². The molecule has 0 aliphatic carbocycles. The van der Waals surface area contributed by atoms with Crippen LogP contribution < -0.4 is 4.72 Å². The summed E-state index contributed by atoms with van der Waals surface area (Å²) in [5.74, 6) is 0.831. The van der Waals surface area contributed by atoms with E-state index >= 15 is 0 Å². The van der Waals surface area contributed by atoms with Gasteiger partial charge in [-0.25, -0.2) is 13.1 Å². The highest BCUT2D eigenvalue weighted by Crippen LogP contribution is 2.14. The fourth-order valence-electron chi connectivity index (χ4n) is 1.60. The Morgan fingerprint density at radius 3 is 2.85 bits per heavy atom. The molecule has 0 aliphatic heterocycles. The molecule has 20 heavy (non-hydrogen) atoms. The van der Waals surface area contributed by atoms with Crippen molar-refractivity contribution in [2.45, 2.75) is 19.8 Å². The number of sulfonamides is 1. The van der Waals surface area contributed by atoms with Gasteiger partial charge in [-0.1, -0.05) is 13.0 Å². The zero-order valence-corrected chi connectivity index (χ0v) is 11.9. The maximum Gasteiger partial charge on any atom is 0.266 e. The molecule has 0 bridgehead atoms. The third-order valence-electron chi connectivity index (χ3n) is 2.48. The van der Waals surface area contributed by atoms with Crippen LogP contribution in [0, 0.1) is 0 Å². The van der Waals surface area contributed by atoms with Gasteiger partial charge in [0.15, 0.2) is 0 Å². The SMILES string of the molecule is CCCS(=O)(=O)NCCc1nnc(-c2ccccn2)o1. The number of nitrogens with one attached hydrogen (secondary N) is 1. The molecule has 0 atom stereocenters. The minimum Gasteiger partial charge on any atom is -0.419 e. The van der Waals surface area contributed by atoms with E-state index in [1.807, 2.05) is 13.0 Å². The van der Waals surface area contributed by atoms with Crippen molar-refractivity contribution in [3.8, 4) is 11.6 Å². The van der Waals surface area contributed by atoms with Crippen LogP contribution >= 0.6 is 0 Å². The van der Waals surface area contributed by atoms with Crippen LogP contribution in [-0.2, 0) is 16.4 Å². The van der Waals surface area contributed by atoms with Gasteiger partial charge in [-0.3, -0.25) is 4.98 Å². The van der Waals surface area contributed by atoms with Crippen LogP contribution in [0.4, 0.5) is 0 Å². The number of rotatable bonds is 7. The van der Waals surface area contributed by atoms with Crippen molar-refractivity contribution < 1.29 is 12.8 Å². The Labute approximate surface area is 117 Å². The quantitative estimate of drug-likeness (QED) is 0.818. The average molecular weight is 296 g/mol. The fourth-order valence-corrected chi connectivity index (χ4v) is 2.70. The molecule has 0 aromatic carbocycles. The lowest BCUT2D eigenvalue weighted by atomic mass is 10.3. The first-order valence-corrected chi connectivity index (χ1v) is 7.97. The Balaban J connectivity index is 1.91. The van der Waals surface area contributed by atoms with Gasteiger partial charge in [-0.15, -0.1) is 10.2 Å². The summed E-state index contributed by atoms with van der Waals surface area (Å²) in [6.07, 6.45) is 2.57. The van der Waals surface area contributed by atoms with Gasteiger partial charge >= 0.3 is 0 Å². The topological polar surface area (TPSA) is 98.0 Å². The third-order valence-corrected chi connectivity index (χ3v) is 4.07. The van der Waals surface area contributed by atoms with Crippen LogP contribution in [0.25, 0.3) is 11.6 Å². The second kappa shape index (κ2) is 6.58. The Hall–Kier alpha value is -1.80. The average Bonchev–Trinajstić information content (AvgIpc) is 2.88. The number of hydrogen-bond acceptors (Lipinski definition) is 6. The molecular formula is C12H16N4O3S. The van der Waals surface area contributed by atoms with E-state index in [2.05, 4.69) is 19.9 Å². The van der Waals surface area contributed by atoms with Crippen LogP contribution in [0.2, 0.25) is 0 Å². The van der Waals surface area contributed by atoms with Gasteiger partial charge in [0.05, 0.1) is 5.75 Å². The molecule has 0 fully saturated rings. The van der Waals surface area contributed by atoms with Crippen molar-refractivity contribution in [1.29, 1.82) is 0 Å². The minimum absolute atomic E-state index is 0.121. The van der Waals surface area contributed by atoms with E-state index in [0.29, 0.717) is 30.3 Å². The highest BCUT2D eigenvalue weighted by atomic mass is 32.2. The molecule has 0 spiro atoms. The molecule has 2 heterocycles. The van der Waals surface area contributed by atoms with Crippen LogP contribution in [0.1, 0.15) is 19.2 Å². The fraction of sp³-hybridized carbons (Fsp3) is 0.417. The summed E-state index contributed by atoms with van der Waals surface area (Å²) in [4.78, 5) is 4.10. The monoisotopic (exact) mass is 296 g/mol. The molecule has 0 amide bonds. The molecule has 2 rings (SSSR count). The summed E-state index contributed by atoms with van der Waals surface area (Å²) in [7, 11) is -3.20. The standard InChI is InChI=1S/C12H16N4O3S/c1-2-9-20(17,18)14-8-6-11-15-16-12(19-11)10-5-3-4-7-13-10/h3-5,7,14H,2,6,8-9H2,1H3. The predicted octanol–water partition coefficient (Wildman–Crippen LogP) is 1.00. The predicted molar refractivity (Wildman–Crippen MR) is 73.3 cm³/mol. The maximum atomic E-state index is 11.5. The van der Waals surface area contributed by atoms with Crippen molar-refractivity contribution in [3.05, 3.63) is 30.3 Å². The van der Waals surface area contributed by atoms with Gasteiger partial charge in [-0.05, 0) is 18.6 Å². The molecule has 2 aromatic heterocycles. The first-order chi connectivity index (χ1) is 9.61. The zero-order chi connectivity index (χ0) is 14.4. The molecule has 0 saturated carbocycles. The molecule has 0 aliphatic rings. The largest absolute Gasteiger partial charge is 0.419 e. The molecule has 2 aromatic rings. The molecule has 108 valence electrons. The summed E-state index contributed by atoms with van der Waals surface area (Å²) >= 11 is 0.